The first-order chi connectivity index (χ1) is 9.93. The summed E-state index contributed by atoms with van der Waals surface area (Å²) >= 11 is 0. The Morgan fingerprint density at radius 2 is 1.86 bits per heavy atom. The Bertz CT molecular complexity index is 495. The number of aliphatic imine (C=N–C) groups is 1. The molecule has 0 saturated heterocycles. The smallest absolute Gasteiger partial charge is 0.344 e. The average molecular weight is 322 g/mol. The zero-order valence-electron chi connectivity index (χ0n) is 12.1. The van der Waals surface area contributed by atoms with Crippen LogP contribution in [0.25, 0.3) is 5.32 Å². The molecule has 0 aliphatic carbocycles. The van der Waals surface area contributed by atoms with Crippen molar-refractivity contribution in [3.05, 3.63) is 27.0 Å². The molecule has 0 spiro atoms. The Balaban J connectivity index is 3.37. The van der Waals surface area contributed by atoms with Crippen LogP contribution in [0.3, 0.4) is 0 Å². The summed E-state index contributed by atoms with van der Waals surface area (Å²) < 4.78 is 32.7. The largest absolute Gasteiger partial charge is 0.504 e. The van der Waals surface area contributed by atoms with Gasteiger partial charge in [0, 0.05) is 0 Å². The average Bonchev–Trinajstić information content (AvgIpc) is 2.46. The molecule has 0 fully saturated rings. The lowest BCUT2D eigenvalue weighted by molar-refractivity contribution is -0.430. The molecule has 21 heavy (non-hydrogen) atoms. The molecule has 1 heterocycles. The molecule has 0 aromatic rings. The molecular weight excluding hydrogens is 305 g/mol. The molecule has 1 aliphatic heterocycles. The summed E-state index contributed by atoms with van der Waals surface area (Å²) in [6.07, 6.45) is 0. The fraction of sp³-hybridized carbons (Fsp3) is 0.700. The Morgan fingerprint density at radius 3 is 2.24 bits per heavy atom. The van der Waals surface area contributed by atoms with E-state index in [1.54, 1.807) is 13.8 Å². The monoisotopic (exact) mass is 322 g/mol. The first-order valence-corrected chi connectivity index (χ1v) is 7.69. The lowest BCUT2D eigenvalue weighted by Crippen LogP contribution is -2.28. The maximum absolute atomic E-state index is 12.8. The number of ether oxygens (including phenoxy) is 2. The molecule has 10 nitrogen and oxygen atoms in total. The van der Waals surface area contributed by atoms with Crippen molar-refractivity contribution in [2.24, 2.45) is 4.99 Å². The highest BCUT2D eigenvalue weighted by Gasteiger charge is 2.45. The lowest BCUT2D eigenvalue weighted by Gasteiger charge is -2.33. The van der Waals surface area contributed by atoms with E-state index in [9.17, 15) is 14.7 Å². The molecule has 0 bridgehead atoms. The van der Waals surface area contributed by atoms with E-state index >= 15 is 0 Å². The van der Waals surface area contributed by atoms with Gasteiger partial charge in [-0.25, -0.2) is 0 Å². The number of hydrogen-bond donors (Lipinski definition) is 0. The summed E-state index contributed by atoms with van der Waals surface area (Å²) in [5, 5.41) is 15.1. The van der Waals surface area contributed by atoms with Crippen LogP contribution in [0.2, 0.25) is 0 Å². The Hall–Kier alpha value is -1.64. The molecule has 1 aliphatic rings. The van der Waals surface area contributed by atoms with Gasteiger partial charge in [-0.3, -0.25) is 14.7 Å². The fourth-order valence-corrected chi connectivity index (χ4v) is 3.45. The van der Waals surface area contributed by atoms with Crippen LogP contribution in [0.5, 0.6) is 0 Å². The number of methoxy groups -OCH3 is 2. The van der Waals surface area contributed by atoms with Gasteiger partial charge in [0.2, 0.25) is 0 Å². The van der Waals surface area contributed by atoms with E-state index in [4.69, 9.17) is 18.5 Å². The second-order valence-corrected chi connectivity index (χ2v) is 5.71. The highest BCUT2D eigenvalue weighted by molar-refractivity contribution is 7.55. The highest BCUT2D eigenvalue weighted by Crippen LogP contribution is 2.58. The topological polar surface area (TPSA) is 124 Å². The van der Waals surface area contributed by atoms with Crippen LogP contribution in [0.1, 0.15) is 13.8 Å². The number of amidine groups is 1. The van der Waals surface area contributed by atoms with Gasteiger partial charge in [-0.05, 0) is 13.8 Å². The van der Waals surface area contributed by atoms with Crippen LogP contribution < -0.4 is 0 Å². The zero-order valence-corrected chi connectivity index (χ0v) is 13.0. The third-order valence-corrected chi connectivity index (χ3v) is 4.58. The molecule has 0 radical (unpaired) electrons. The van der Waals surface area contributed by atoms with Gasteiger partial charge in [0.05, 0.1) is 32.4 Å². The standard InChI is InChI=1S/C10H17N3O7P/c1-5-19-21(16,20-6-2)9-7(13(14)15)8(17-3)11-10(12-9)18-4/h9H,5-6H2,1-4H3/q-1. The van der Waals surface area contributed by atoms with Gasteiger partial charge < -0.3 is 28.8 Å². The van der Waals surface area contributed by atoms with E-state index in [0.29, 0.717) is 0 Å². The number of nitro groups is 1. The molecule has 11 heteroatoms. The molecule has 0 N–H and O–H groups in total. The van der Waals surface area contributed by atoms with E-state index in [0.717, 1.165) is 0 Å². The SMILES string of the molecule is CCOP(=O)(OCC)C1[N-]C(OC)=NC(OC)=C1[N+](=O)[O-]. The van der Waals surface area contributed by atoms with Gasteiger partial charge >= 0.3 is 7.60 Å². The third kappa shape index (κ3) is 3.72. The minimum atomic E-state index is -3.91. The van der Waals surface area contributed by atoms with Gasteiger partial charge in [0.25, 0.3) is 5.70 Å². The van der Waals surface area contributed by atoms with Crippen LogP contribution in [0, 0.1) is 10.1 Å². The molecule has 0 saturated carbocycles. The molecule has 0 aromatic carbocycles. The van der Waals surface area contributed by atoms with E-state index < -0.39 is 24.0 Å². The maximum Gasteiger partial charge on any atom is 0.344 e. The Kier molecular flexibility index (Phi) is 6.13. The number of nitrogens with zero attached hydrogens (tertiary/aromatic N) is 3. The highest BCUT2D eigenvalue weighted by atomic mass is 31.2. The van der Waals surface area contributed by atoms with Crippen molar-refractivity contribution in [2.45, 2.75) is 19.6 Å². The van der Waals surface area contributed by atoms with Crippen LogP contribution in [-0.2, 0) is 23.1 Å². The minimum absolute atomic E-state index is 0.0378. The van der Waals surface area contributed by atoms with Crippen molar-refractivity contribution in [1.29, 1.82) is 0 Å². The molecular formula is C10H17N3O7P-. The van der Waals surface area contributed by atoms with Crippen molar-refractivity contribution in [2.75, 3.05) is 27.4 Å². The zero-order chi connectivity index (χ0) is 16.0. The van der Waals surface area contributed by atoms with Gasteiger partial charge in [0.15, 0.2) is 11.7 Å². The molecule has 0 amide bonds. The second kappa shape index (κ2) is 7.39. The molecule has 0 aromatic heterocycles. The van der Waals surface area contributed by atoms with Crippen LogP contribution >= 0.6 is 7.60 Å². The molecule has 1 atom stereocenters. The van der Waals surface area contributed by atoms with Gasteiger partial charge in [-0.1, -0.05) is 0 Å². The molecule has 1 rings (SSSR count). The first-order valence-electron chi connectivity index (χ1n) is 6.08. The minimum Gasteiger partial charge on any atom is -0.504 e. The van der Waals surface area contributed by atoms with Crippen LogP contribution in [-0.4, -0.2) is 44.2 Å². The molecule has 120 valence electrons. The van der Waals surface area contributed by atoms with E-state index in [-0.39, 0.29) is 25.1 Å². The van der Waals surface area contributed by atoms with Gasteiger partial charge in [-0.15, -0.1) is 0 Å². The number of hydrogen-bond acceptors (Lipinski definition) is 8. The Morgan fingerprint density at radius 1 is 1.29 bits per heavy atom. The van der Waals surface area contributed by atoms with Gasteiger partial charge in [0.1, 0.15) is 6.02 Å². The van der Waals surface area contributed by atoms with Crippen molar-refractivity contribution >= 4 is 13.6 Å². The predicted octanol–water partition coefficient (Wildman–Crippen LogP) is 2.06. The summed E-state index contributed by atoms with van der Waals surface area (Å²) in [5.41, 5.74) is -0.594. The maximum atomic E-state index is 12.8. The van der Waals surface area contributed by atoms with Crippen LogP contribution in [0.4, 0.5) is 0 Å². The summed E-state index contributed by atoms with van der Waals surface area (Å²) in [4.78, 5) is 14.2. The second-order valence-electron chi connectivity index (χ2n) is 3.63. The quantitative estimate of drug-likeness (QED) is 0.399. The normalized spacial score (nSPS) is 18.9. The van der Waals surface area contributed by atoms with Gasteiger partial charge in [-0.2, -0.15) is 0 Å². The van der Waals surface area contributed by atoms with E-state index in [2.05, 4.69) is 10.3 Å². The van der Waals surface area contributed by atoms with Crippen molar-refractivity contribution in [1.82, 2.24) is 0 Å². The van der Waals surface area contributed by atoms with Crippen molar-refractivity contribution < 1.29 is 28.0 Å². The lowest BCUT2D eigenvalue weighted by atomic mass is 10.4. The van der Waals surface area contributed by atoms with Crippen molar-refractivity contribution in [3.8, 4) is 0 Å². The summed E-state index contributed by atoms with van der Waals surface area (Å²) in [7, 11) is -1.44. The van der Waals surface area contributed by atoms with E-state index in [1.165, 1.54) is 14.2 Å². The third-order valence-electron chi connectivity index (χ3n) is 2.38. The molecule has 1 unspecified atom stereocenters. The van der Waals surface area contributed by atoms with E-state index in [1.807, 2.05) is 0 Å². The Labute approximate surface area is 121 Å². The van der Waals surface area contributed by atoms with Crippen molar-refractivity contribution in [3.63, 3.8) is 0 Å². The first kappa shape index (κ1) is 17.4. The van der Waals surface area contributed by atoms with Crippen LogP contribution in [0.15, 0.2) is 16.6 Å². The fourth-order valence-electron chi connectivity index (χ4n) is 1.63. The number of rotatable bonds is 7. The summed E-state index contributed by atoms with van der Waals surface area (Å²) in [5.74, 6) is -1.86. The summed E-state index contributed by atoms with van der Waals surface area (Å²) in [6, 6.07) is -0.206. The summed E-state index contributed by atoms with van der Waals surface area (Å²) in [6.45, 7) is 3.26. The predicted molar refractivity (Wildman–Crippen MR) is 73.5 cm³/mol.